The molecule has 0 aromatic heterocycles. The highest BCUT2D eigenvalue weighted by Gasteiger charge is 2.34. The highest BCUT2D eigenvalue weighted by molar-refractivity contribution is 5.58. The number of hydrogen-bond acceptors (Lipinski definition) is 3. The molecule has 0 saturated carbocycles. The first-order chi connectivity index (χ1) is 12.4. The smallest absolute Gasteiger partial charge is 0.127 e. The van der Waals surface area contributed by atoms with Gasteiger partial charge in [-0.2, -0.15) is 0 Å². The van der Waals surface area contributed by atoms with Crippen LogP contribution in [-0.4, -0.2) is 17.3 Å². The number of aromatic hydroxyl groups is 1. The van der Waals surface area contributed by atoms with E-state index in [-0.39, 0.29) is 5.60 Å². The van der Waals surface area contributed by atoms with Gasteiger partial charge in [0.1, 0.15) is 17.1 Å². The molecular weight excluding hydrogens is 322 g/mol. The van der Waals surface area contributed by atoms with Crippen molar-refractivity contribution >= 4 is 0 Å². The lowest BCUT2D eigenvalue weighted by molar-refractivity contribution is 0.0521. The molecule has 1 aromatic rings. The van der Waals surface area contributed by atoms with Gasteiger partial charge in [-0.05, 0) is 83.0 Å². The zero-order chi connectivity index (χ0) is 19.2. The van der Waals surface area contributed by atoms with Crippen molar-refractivity contribution in [1.82, 2.24) is 0 Å². The minimum Gasteiger partial charge on any atom is -0.507 e. The number of phenolic OH excluding ortho intramolecular Hbond substituents is 1. The summed E-state index contributed by atoms with van der Waals surface area (Å²) in [5.41, 5.74) is 9.74. The van der Waals surface area contributed by atoms with Crippen LogP contribution in [0, 0.1) is 20.8 Å². The molecule has 1 aliphatic rings. The van der Waals surface area contributed by atoms with Gasteiger partial charge in [-0.1, -0.05) is 38.5 Å². The Morgan fingerprint density at radius 1 is 0.885 bits per heavy atom. The van der Waals surface area contributed by atoms with Crippen LogP contribution in [-0.2, 0) is 6.42 Å². The quantitative estimate of drug-likeness (QED) is 0.512. The van der Waals surface area contributed by atoms with Gasteiger partial charge in [0.05, 0.1) is 0 Å². The van der Waals surface area contributed by atoms with Gasteiger partial charge in [-0.25, -0.2) is 0 Å². The van der Waals surface area contributed by atoms with Gasteiger partial charge in [-0.3, -0.25) is 0 Å². The van der Waals surface area contributed by atoms with Crippen LogP contribution in [0.4, 0.5) is 0 Å². The summed E-state index contributed by atoms with van der Waals surface area (Å²) in [6.07, 6.45) is 13.5. The SMILES string of the molecule is Cc1c(C)c2c(c(C)c1O)CC[C@@](C)(CCCCCCCCCCN)O2. The van der Waals surface area contributed by atoms with E-state index in [2.05, 4.69) is 13.8 Å². The molecule has 1 aromatic carbocycles. The maximum absolute atomic E-state index is 10.3. The first-order valence-electron chi connectivity index (χ1n) is 10.6. The summed E-state index contributed by atoms with van der Waals surface area (Å²) in [6.45, 7) is 9.17. The fourth-order valence-corrected chi connectivity index (χ4v) is 4.17. The topological polar surface area (TPSA) is 55.5 Å². The highest BCUT2D eigenvalue weighted by atomic mass is 16.5. The van der Waals surface area contributed by atoms with Crippen LogP contribution in [0.25, 0.3) is 0 Å². The van der Waals surface area contributed by atoms with Gasteiger partial charge in [0.15, 0.2) is 0 Å². The number of nitrogens with two attached hydrogens (primary N) is 1. The number of phenols is 1. The molecule has 148 valence electrons. The van der Waals surface area contributed by atoms with Crippen LogP contribution in [0.1, 0.15) is 93.4 Å². The average molecular weight is 362 g/mol. The van der Waals surface area contributed by atoms with Crippen LogP contribution >= 0.6 is 0 Å². The average Bonchev–Trinajstić information content (AvgIpc) is 2.63. The van der Waals surface area contributed by atoms with Crippen molar-refractivity contribution in [3.8, 4) is 11.5 Å². The van der Waals surface area contributed by atoms with Gasteiger partial charge in [0.25, 0.3) is 0 Å². The molecule has 0 saturated heterocycles. The normalized spacial score (nSPS) is 19.3. The maximum atomic E-state index is 10.3. The molecule has 0 spiro atoms. The Morgan fingerprint density at radius 2 is 1.46 bits per heavy atom. The number of unbranched alkanes of at least 4 members (excludes halogenated alkanes) is 7. The van der Waals surface area contributed by atoms with Crippen molar-refractivity contribution in [2.24, 2.45) is 5.73 Å². The minimum absolute atomic E-state index is 0.0608. The molecule has 26 heavy (non-hydrogen) atoms. The summed E-state index contributed by atoms with van der Waals surface area (Å²) in [5.74, 6) is 1.48. The Bertz CT molecular complexity index is 597. The van der Waals surface area contributed by atoms with E-state index in [0.717, 1.165) is 48.2 Å². The summed E-state index contributed by atoms with van der Waals surface area (Å²) in [6, 6.07) is 0. The number of ether oxygens (including phenoxy) is 1. The van der Waals surface area contributed by atoms with Crippen molar-refractivity contribution in [1.29, 1.82) is 0 Å². The first kappa shape index (κ1) is 21.1. The molecular formula is C23H39NO2. The van der Waals surface area contributed by atoms with Crippen molar-refractivity contribution in [2.45, 2.75) is 104 Å². The lowest BCUT2D eigenvalue weighted by Crippen LogP contribution is -2.37. The van der Waals surface area contributed by atoms with Crippen LogP contribution in [0.15, 0.2) is 0 Å². The van der Waals surface area contributed by atoms with E-state index in [4.69, 9.17) is 10.5 Å². The molecule has 2 rings (SSSR count). The molecule has 1 aliphatic heterocycles. The van der Waals surface area contributed by atoms with Gasteiger partial charge >= 0.3 is 0 Å². The third-order valence-electron chi connectivity index (χ3n) is 6.25. The van der Waals surface area contributed by atoms with Crippen molar-refractivity contribution in [3.05, 3.63) is 22.3 Å². The standard InChI is InChI=1S/C23H39NO2/c1-17-18(2)22-20(19(3)21(17)25)13-15-23(4,26-22)14-11-9-7-5-6-8-10-12-16-24/h25H,5-16,24H2,1-4H3/t23-/m1/s1. The van der Waals surface area contributed by atoms with E-state index in [1.54, 1.807) is 0 Å². The third kappa shape index (κ3) is 5.16. The molecule has 1 atom stereocenters. The van der Waals surface area contributed by atoms with E-state index in [1.807, 2.05) is 13.8 Å². The fraction of sp³-hybridized carbons (Fsp3) is 0.739. The summed E-state index contributed by atoms with van der Waals surface area (Å²) in [7, 11) is 0. The van der Waals surface area contributed by atoms with Gasteiger partial charge in [-0.15, -0.1) is 0 Å². The fourth-order valence-electron chi connectivity index (χ4n) is 4.17. The summed E-state index contributed by atoms with van der Waals surface area (Å²) < 4.78 is 6.52. The van der Waals surface area contributed by atoms with Crippen molar-refractivity contribution in [3.63, 3.8) is 0 Å². The molecule has 0 amide bonds. The second-order valence-corrected chi connectivity index (χ2v) is 8.45. The number of hydrogen-bond donors (Lipinski definition) is 2. The molecule has 0 aliphatic carbocycles. The van der Waals surface area contributed by atoms with Gasteiger partial charge in [0.2, 0.25) is 0 Å². The van der Waals surface area contributed by atoms with Gasteiger partial charge < -0.3 is 15.6 Å². The van der Waals surface area contributed by atoms with Crippen LogP contribution in [0.5, 0.6) is 11.5 Å². The van der Waals surface area contributed by atoms with E-state index in [9.17, 15) is 5.11 Å². The Hall–Kier alpha value is -1.22. The van der Waals surface area contributed by atoms with E-state index in [1.165, 1.54) is 56.9 Å². The van der Waals surface area contributed by atoms with Gasteiger partial charge in [0, 0.05) is 5.56 Å². The monoisotopic (exact) mass is 361 g/mol. The zero-order valence-electron chi connectivity index (χ0n) is 17.4. The predicted molar refractivity (Wildman–Crippen MR) is 110 cm³/mol. The molecule has 0 radical (unpaired) electrons. The summed E-state index contributed by atoms with van der Waals surface area (Å²) in [4.78, 5) is 0. The second kappa shape index (κ2) is 9.64. The zero-order valence-corrected chi connectivity index (χ0v) is 17.4. The Morgan fingerprint density at radius 3 is 2.08 bits per heavy atom. The molecule has 3 nitrogen and oxygen atoms in total. The van der Waals surface area contributed by atoms with E-state index < -0.39 is 0 Å². The number of benzene rings is 1. The number of rotatable bonds is 10. The summed E-state index contributed by atoms with van der Waals surface area (Å²) in [5, 5.41) is 10.3. The predicted octanol–water partition coefficient (Wildman–Crippen LogP) is 5.87. The molecule has 0 unspecified atom stereocenters. The molecule has 3 N–H and O–H groups in total. The van der Waals surface area contributed by atoms with E-state index >= 15 is 0 Å². The molecule has 0 fully saturated rings. The molecule has 0 bridgehead atoms. The van der Waals surface area contributed by atoms with Crippen LogP contribution in [0.3, 0.4) is 0 Å². The van der Waals surface area contributed by atoms with Crippen molar-refractivity contribution < 1.29 is 9.84 Å². The second-order valence-electron chi connectivity index (χ2n) is 8.45. The molecule has 1 heterocycles. The largest absolute Gasteiger partial charge is 0.507 e. The number of fused-ring (bicyclic) bond motifs is 1. The molecule has 3 heteroatoms. The maximum Gasteiger partial charge on any atom is 0.127 e. The summed E-state index contributed by atoms with van der Waals surface area (Å²) >= 11 is 0. The van der Waals surface area contributed by atoms with Crippen molar-refractivity contribution in [2.75, 3.05) is 6.54 Å². The Kier molecular flexibility index (Phi) is 7.82. The minimum atomic E-state index is -0.0608. The lowest BCUT2D eigenvalue weighted by Gasteiger charge is -2.38. The Labute approximate surface area is 160 Å². The Balaban J connectivity index is 1.80. The van der Waals surface area contributed by atoms with Crippen LogP contribution in [0.2, 0.25) is 0 Å². The first-order valence-corrected chi connectivity index (χ1v) is 10.6. The third-order valence-corrected chi connectivity index (χ3v) is 6.25. The van der Waals surface area contributed by atoms with E-state index in [0.29, 0.717) is 5.75 Å². The highest BCUT2D eigenvalue weighted by Crippen LogP contribution is 2.44. The lowest BCUT2D eigenvalue weighted by atomic mass is 9.84. The van der Waals surface area contributed by atoms with Crippen LogP contribution < -0.4 is 10.5 Å².